The number of carboxylic acids is 1. The van der Waals surface area contributed by atoms with Crippen LogP contribution >= 0.6 is 0 Å². The molecule has 0 saturated carbocycles. The van der Waals surface area contributed by atoms with E-state index in [4.69, 9.17) is 10.4 Å². The molecule has 4 rings (SSSR count). The third kappa shape index (κ3) is 6.61. The number of para-hydroxylation sites is 1. The fraction of sp³-hybridized carbons (Fsp3) is 0.292. The van der Waals surface area contributed by atoms with Gasteiger partial charge in [-0.15, -0.1) is 0 Å². The Hall–Kier alpha value is -4.94. The van der Waals surface area contributed by atoms with Gasteiger partial charge < -0.3 is 35.8 Å². The number of aromatic hydroxyl groups is 1. The Morgan fingerprint density at radius 2 is 1.81 bits per heavy atom. The number of amides is 3. The van der Waals surface area contributed by atoms with Gasteiger partial charge in [0.15, 0.2) is 12.0 Å². The van der Waals surface area contributed by atoms with Gasteiger partial charge in [0.25, 0.3) is 0 Å². The second kappa shape index (κ2) is 11.7. The van der Waals surface area contributed by atoms with E-state index in [0.717, 1.165) is 0 Å². The van der Waals surface area contributed by atoms with Gasteiger partial charge in [-0.05, 0) is 18.1 Å². The molecule has 43 heavy (non-hydrogen) atoms. The Labute approximate surface area is 238 Å². The number of nitrogens with two attached hydrogens (primary N) is 1. The molecule has 0 aromatic heterocycles. The topological polar surface area (TPSA) is 195 Å². The van der Waals surface area contributed by atoms with Crippen LogP contribution < -0.4 is 15.7 Å². The van der Waals surface area contributed by atoms with Gasteiger partial charge >= 0.3 is 31.1 Å². The van der Waals surface area contributed by atoms with Crippen molar-refractivity contribution in [3.63, 3.8) is 0 Å². The number of hydrogen-bond acceptors (Lipinski definition) is 8. The van der Waals surface area contributed by atoms with Crippen molar-refractivity contribution >= 4 is 36.8 Å². The fourth-order valence-electron chi connectivity index (χ4n) is 4.53. The quantitative estimate of drug-likeness (QED) is 0.0987. The second-order valence-electron chi connectivity index (χ2n) is 9.44. The van der Waals surface area contributed by atoms with Crippen LogP contribution in [0.5, 0.6) is 11.5 Å². The number of phenolic OH excluding ortho intramolecular Hbond substituents is 1. The van der Waals surface area contributed by atoms with Crippen molar-refractivity contribution in [1.29, 1.82) is 0 Å². The summed E-state index contributed by atoms with van der Waals surface area (Å²) in [6.45, 7) is -2.97. The molecule has 228 valence electrons. The van der Waals surface area contributed by atoms with Crippen LogP contribution in [0.3, 0.4) is 0 Å². The minimum absolute atomic E-state index is 0.171. The lowest BCUT2D eigenvalue weighted by molar-refractivity contribution is -0.170. The molecule has 1 saturated heterocycles. The van der Waals surface area contributed by atoms with Gasteiger partial charge in [-0.2, -0.15) is 13.2 Å². The monoisotopic (exact) mass is 613 g/mol. The third-order valence-corrected chi connectivity index (χ3v) is 6.48. The number of carboxylic acid groups (broad SMARTS) is 1. The molecule has 0 unspecified atom stereocenters. The van der Waals surface area contributed by atoms with Gasteiger partial charge in [0.05, 0.1) is 17.1 Å². The van der Waals surface area contributed by atoms with E-state index in [9.17, 15) is 56.4 Å². The maximum Gasteiger partial charge on any atom is 0.547 e. The smallest absolute Gasteiger partial charge is 0.534 e. The number of alkyl halides is 3. The van der Waals surface area contributed by atoms with Crippen molar-refractivity contribution in [2.24, 2.45) is 10.7 Å². The van der Waals surface area contributed by atoms with Crippen LogP contribution in [-0.4, -0.2) is 93.6 Å². The van der Waals surface area contributed by atoms with Crippen molar-refractivity contribution in [1.82, 2.24) is 15.1 Å². The predicted molar refractivity (Wildman–Crippen MR) is 134 cm³/mol. The fourth-order valence-corrected chi connectivity index (χ4v) is 4.53. The highest BCUT2D eigenvalue weighted by Gasteiger charge is 2.42. The van der Waals surface area contributed by atoms with E-state index in [1.807, 2.05) is 0 Å². The summed E-state index contributed by atoms with van der Waals surface area (Å²) < 4.78 is 73.3. The van der Waals surface area contributed by atoms with Crippen molar-refractivity contribution in [2.75, 3.05) is 19.6 Å². The molecule has 1 fully saturated rings. The zero-order chi connectivity index (χ0) is 31.8. The summed E-state index contributed by atoms with van der Waals surface area (Å²) in [4.78, 5) is 54.0. The van der Waals surface area contributed by atoms with Crippen LogP contribution in [-0.2, 0) is 20.8 Å². The molecule has 6 N–H and O–H groups in total. The van der Waals surface area contributed by atoms with Crippen LogP contribution in [0.1, 0.15) is 27.5 Å². The zero-order valence-corrected chi connectivity index (χ0v) is 21.6. The van der Waals surface area contributed by atoms with E-state index < -0.39 is 97.5 Å². The number of halogens is 5. The number of hydrogen-bond donors (Lipinski definition) is 5. The number of guanidine groups is 1. The van der Waals surface area contributed by atoms with Crippen LogP contribution in [0.4, 0.5) is 22.0 Å². The highest BCUT2D eigenvalue weighted by atomic mass is 19.4. The highest BCUT2D eigenvalue weighted by Crippen LogP contribution is 2.32. The largest absolute Gasteiger partial charge is 0.547 e. The number of rotatable bonds is 6. The van der Waals surface area contributed by atoms with Gasteiger partial charge in [-0.25, -0.2) is 18.6 Å². The summed E-state index contributed by atoms with van der Waals surface area (Å²) in [6.07, 6.45) is -5.03. The molecule has 2 aliphatic rings. The first-order chi connectivity index (χ1) is 20.1. The zero-order valence-electron chi connectivity index (χ0n) is 21.6. The SMILES string of the molecule is NC(=N[C@@H](C(=O)N[C@H]1Cc2cccc(C(=O)O)c2OB1O)c1c(F)cc(O)cc1F)N1CCN(CC(F)(F)F)C(=O)C1=O. The molecule has 2 heterocycles. The van der Waals surface area contributed by atoms with Crippen LogP contribution in [0, 0.1) is 11.6 Å². The Morgan fingerprint density at radius 1 is 1.16 bits per heavy atom. The van der Waals surface area contributed by atoms with Crippen molar-refractivity contribution in [2.45, 2.75) is 24.6 Å². The Bertz CT molecular complexity index is 1500. The van der Waals surface area contributed by atoms with Crippen LogP contribution in [0.15, 0.2) is 35.3 Å². The average Bonchev–Trinajstić information content (AvgIpc) is 2.89. The summed E-state index contributed by atoms with van der Waals surface area (Å²) in [7, 11) is -1.85. The lowest BCUT2D eigenvalue weighted by Crippen LogP contribution is -2.59. The van der Waals surface area contributed by atoms with E-state index in [1.165, 1.54) is 18.2 Å². The Balaban J connectivity index is 1.65. The minimum atomic E-state index is -4.81. The summed E-state index contributed by atoms with van der Waals surface area (Å²) in [5, 5.41) is 31.6. The lowest BCUT2D eigenvalue weighted by Gasteiger charge is -2.33. The van der Waals surface area contributed by atoms with E-state index >= 15 is 0 Å². The van der Waals surface area contributed by atoms with Gasteiger partial charge in [0.2, 0.25) is 5.91 Å². The first-order valence-electron chi connectivity index (χ1n) is 12.3. The third-order valence-electron chi connectivity index (χ3n) is 6.48. The highest BCUT2D eigenvalue weighted by molar-refractivity contribution is 6.47. The number of aromatic carboxylic acids is 1. The normalized spacial score (nSPS) is 18.2. The molecule has 2 aromatic carbocycles. The molecule has 0 bridgehead atoms. The molecule has 2 aliphatic heterocycles. The molecule has 0 radical (unpaired) electrons. The molecule has 3 amide bonds. The molecule has 19 heteroatoms. The molecular weight excluding hydrogens is 592 g/mol. The maximum atomic E-state index is 14.9. The van der Waals surface area contributed by atoms with E-state index in [-0.39, 0.29) is 28.2 Å². The average molecular weight is 613 g/mol. The van der Waals surface area contributed by atoms with Crippen LogP contribution in [0.25, 0.3) is 0 Å². The van der Waals surface area contributed by atoms with Gasteiger partial charge in [0, 0.05) is 25.2 Å². The van der Waals surface area contributed by atoms with Crippen LogP contribution in [0.2, 0.25) is 0 Å². The van der Waals surface area contributed by atoms with E-state index in [2.05, 4.69) is 10.3 Å². The van der Waals surface area contributed by atoms with Gasteiger partial charge in [0.1, 0.15) is 29.7 Å². The van der Waals surface area contributed by atoms with Gasteiger partial charge in [-0.3, -0.25) is 19.3 Å². The van der Waals surface area contributed by atoms with Crippen molar-refractivity contribution in [3.8, 4) is 11.5 Å². The number of benzene rings is 2. The number of carbonyl (C=O) groups is 4. The minimum Gasteiger partial charge on any atom is -0.534 e. The van der Waals surface area contributed by atoms with Gasteiger partial charge in [-0.1, -0.05) is 12.1 Å². The lowest BCUT2D eigenvalue weighted by atomic mass is 9.72. The first-order valence-corrected chi connectivity index (χ1v) is 12.3. The number of nitrogens with one attached hydrogen (secondary N) is 1. The Kier molecular flexibility index (Phi) is 8.47. The number of fused-ring (bicyclic) bond motifs is 1. The maximum absolute atomic E-state index is 14.9. The predicted octanol–water partition coefficient (Wildman–Crippen LogP) is 0.0971. The van der Waals surface area contributed by atoms with E-state index in [1.54, 1.807) is 0 Å². The molecule has 2 aromatic rings. The molecular formula is C24H21BF5N5O8. The summed E-state index contributed by atoms with van der Waals surface area (Å²) in [5.41, 5.74) is 4.70. The number of nitrogens with zero attached hydrogens (tertiary/aromatic N) is 3. The summed E-state index contributed by atoms with van der Waals surface area (Å²) in [5.74, 6) is -12.1. The standard InChI is InChI=1S/C24H21BF5N5O8/c26-13-7-11(36)8-14(27)16(13)17(33-23(31)35-5-4-34(9-24(28,29)30)20(38)21(35)39)19(37)32-15-6-10-2-1-3-12(22(40)41)18(10)43-25(15)42/h1-3,7-8,15,17,36,42H,4-6,9H2,(H2,31,33)(H,32,37)(H,40,41)/t15-,17+/m0/s1. The molecule has 0 aliphatic carbocycles. The summed E-state index contributed by atoms with van der Waals surface area (Å²) in [6, 6.07) is 2.65. The first kappa shape index (κ1) is 31.0. The van der Waals surface area contributed by atoms with E-state index in [0.29, 0.717) is 17.0 Å². The molecule has 13 nitrogen and oxygen atoms in total. The number of phenols is 1. The second-order valence-corrected chi connectivity index (χ2v) is 9.44. The van der Waals surface area contributed by atoms with Crippen molar-refractivity contribution in [3.05, 3.63) is 58.7 Å². The summed E-state index contributed by atoms with van der Waals surface area (Å²) >= 11 is 0. The molecule has 2 atom stereocenters. The Morgan fingerprint density at radius 3 is 2.42 bits per heavy atom. The number of carbonyl (C=O) groups excluding carboxylic acids is 3. The van der Waals surface area contributed by atoms with Crippen molar-refractivity contribution < 1.29 is 61.0 Å². The number of aliphatic imine (C=N–C) groups is 1. The number of piperazine rings is 1. The molecule has 0 spiro atoms.